The molecule has 3 rings (SSSR count). The molecule has 7 nitrogen and oxygen atoms in total. The highest BCUT2D eigenvalue weighted by atomic mass is 19.4. The summed E-state index contributed by atoms with van der Waals surface area (Å²) < 4.78 is 46.0. The number of hydrogen-bond acceptors (Lipinski definition) is 6. The fourth-order valence-corrected chi connectivity index (χ4v) is 3.01. The predicted octanol–water partition coefficient (Wildman–Crippen LogP) is 3.30. The van der Waals surface area contributed by atoms with Crippen LogP contribution in [0.4, 0.5) is 35.9 Å². The topological polar surface area (TPSA) is 88.8 Å². The minimum absolute atomic E-state index is 0.328. The van der Waals surface area contributed by atoms with Crippen LogP contribution in [0.3, 0.4) is 0 Å². The summed E-state index contributed by atoms with van der Waals surface area (Å²) in [6.45, 7) is 2.33. The average molecular weight is 410 g/mol. The van der Waals surface area contributed by atoms with Crippen LogP contribution in [0.25, 0.3) is 0 Å². The molecule has 0 aliphatic carbocycles. The van der Waals surface area contributed by atoms with Crippen molar-refractivity contribution in [3.8, 4) is 5.75 Å². The zero-order chi connectivity index (χ0) is 21.0. The van der Waals surface area contributed by atoms with Gasteiger partial charge in [0.05, 0.1) is 35.8 Å². The fraction of sp³-hybridized carbons (Fsp3) is 0.316. The van der Waals surface area contributed by atoms with Crippen LogP contribution >= 0.6 is 0 Å². The summed E-state index contributed by atoms with van der Waals surface area (Å²) in [4.78, 5) is 14.9. The lowest BCUT2D eigenvalue weighted by Crippen LogP contribution is -2.37. The van der Waals surface area contributed by atoms with Gasteiger partial charge in [-0.05, 0) is 36.4 Å². The number of nitrogens with one attached hydrogen (secondary N) is 2. The SMILES string of the molecule is CNc1cc(N2CCOCC2)c(C(=O)Nc2ccc(OC(F)(F)F)cc2)cc1N. The lowest BCUT2D eigenvalue weighted by atomic mass is 10.1. The Morgan fingerprint density at radius 1 is 1.17 bits per heavy atom. The van der Waals surface area contributed by atoms with E-state index in [1.165, 1.54) is 12.1 Å². The molecule has 0 atom stereocenters. The minimum Gasteiger partial charge on any atom is -0.406 e. The van der Waals surface area contributed by atoms with E-state index in [0.717, 1.165) is 12.1 Å². The molecule has 2 aromatic carbocycles. The Balaban J connectivity index is 1.83. The van der Waals surface area contributed by atoms with Crippen LogP contribution in [-0.4, -0.2) is 45.6 Å². The number of nitrogen functional groups attached to an aromatic ring is 1. The average Bonchev–Trinajstić information content (AvgIpc) is 2.69. The quantitative estimate of drug-likeness (QED) is 0.656. The van der Waals surface area contributed by atoms with Crippen molar-refractivity contribution in [2.75, 3.05) is 54.6 Å². The van der Waals surface area contributed by atoms with Crippen molar-refractivity contribution in [1.82, 2.24) is 0 Å². The number of carbonyl (C=O) groups excluding carboxylic acids is 1. The Morgan fingerprint density at radius 2 is 1.83 bits per heavy atom. The van der Waals surface area contributed by atoms with Gasteiger partial charge in [-0.25, -0.2) is 0 Å². The van der Waals surface area contributed by atoms with E-state index in [-0.39, 0.29) is 5.75 Å². The molecule has 156 valence electrons. The maximum Gasteiger partial charge on any atom is 0.573 e. The fourth-order valence-electron chi connectivity index (χ4n) is 3.01. The van der Waals surface area contributed by atoms with Crippen molar-refractivity contribution in [3.05, 3.63) is 42.0 Å². The predicted molar refractivity (Wildman–Crippen MR) is 105 cm³/mol. The largest absolute Gasteiger partial charge is 0.573 e. The van der Waals surface area contributed by atoms with E-state index in [9.17, 15) is 18.0 Å². The zero-order valence-electron chi connectivity index (χ0n) is 15.7. The molecular weight excluding hydrogens is 389 g/mol. The van der Waals surface area contributed by atoms with Crippen LogP contribution < -0.4 is 26.0 Å². The first kappa shape index (κ1) is 20.6. The second-order valence-corrected chi connectivity index (χ2v) is 6.33. The molecule has 0 radical (unpaired) electrons. The Kier molecular flexibility index (Phi) is 6.02. The maximum atomic E-state index is 12.9. The van der Waals surface area contributed by atoms with Gasteiger partial charge < -0.3 is 30.7 Å². The van der Waals surface area contributed by atoms with Gasteiger partial charge in [0.2, 0.25) is 0 Å². The summed E-state index contributed by atoms with van der Waals surface area (Å²) in [5, 5.41) is 5.68. The molecule has 0 spiro atoms. The second-order valence-electron chi connectivity index (χ2n) is 6.33. The van der Waals surface area contributed by atoms with Crippen molar-refractivity contribution in [2.24, 2.45) is 0 Å². The zero-order valence-corrected chi connectivity index (χ0v) is 15.7. The Hall–Kier alpha value is -3.14. The second kappa shape index (κ2) is 8.48. The van der Waals surface area contributed by atoms with Gasteiger partial charge in [-0.15, -0.1) is 13.2 Å². The van der Waals surface area contributed by atoms with E-state index in [1.54, 1.807) is 19.2 Å². The third-order valence-electron chi connectivity index (χ3n) is 4.38. The summed E-state index contributed by atoms with van der Waals surface area (Å²) in [6, 6.07) is 8.30. The van der Waals surface area contributed by atoms with E-state index in [1.807, 2.05) is 4.90 Å². The lowest BCUT2D eigenvalue weighted by Gasteiger charge is -2.31. The molecule has 1 aliphatic rings. The van der Waals surface area contributed by atoms with Crippen molar-refractivity contribution >= 4 is 28.7 Å². The number of amides is 1. The monoisotopic (exact) mass is 410 g/mol. The Morgan fingerprint density at radius 3 is 2.41 bits per heavy atom. The lowest BCUT2D eigenvalue weighted by molar-refractivity contribution is -0.274. The van der Waals surface area contributed by atoms with Crippen LogP contribution in [0.5, 0.6) is 5.75 Å². The first-order chi connectivity index (χ1) is 13.8. The molecule has 4 N–H and O–H groups in total. The summed E-state index contributed by atoms with van der Waals surface area (Å²) in [7, 11) is 1.74. The molecule has 1 saturated heterocycles. The molecule has 1 fully saturated rings. The summed E-state index contributed by atoms with van der Waals surface area (Å²) in [6.07, 6.45) is -4.77. The van der Waals surface area contributed by atoms with Crippen LogP contribution in [0.2, 0.25) is 0 Å². The number of rotatable bonds is 5. The molecular formula is C19H21F3N4O3. The molecule has 0 bridgehead atoms. The molecule has 2 aromatic rings. The molecule has 0 unspecified atom stereocenters. The van der Waals surface area contributed by atoms with Crippen LogP contribution in [0, 0.1) is 0 Å². The first-order valence-corrected chi connectivity index (χ1v) is 8.88. The molecule has 1 aliphatic heterocycles. The summed E-state index contributed by atoms with van der Waals surface area (Å²) >= 11 is 0. The third-order valence-corrected chi connectivity index (χ3v) is 4.38. The number of hydrogen-bond donors (Lipinski definition) is 3. The van der Waals surface area contributed by atoms with Crippen molar-refractivity contribution < 1.29 is 27.4 Å². The maximum absolute atomic E-state index is 12.9. The van der Waals surface area contributed by atoms with Crippen LogP contribution in [0.15, 0.2) is 36.4 Å². The molecule has 10 heteroatoms. The van der Waals surface area contributed by atoms with E-state index in [0.29, 0.717) is 54.6 Å². The molecule has 1 heterocycles. The van der Waals surface area contributed by atoms with E-state index in [2.05, 4.69) is 15.4 Å². The minimum atomic E-state index is -4.77. The highest BCUT2D eigenvalue weighted by Gasteiger charge is 2.31. The number of nitrogens with zero attached hydrogens (tertiary/aromatic N) is 1. The Bertz CT molecular complexity index is 866. The van der Waals surface area contributed by atoms with Gasteiger partial charge in [-0.3, -0.25) is 4.79 Å². The number of nitrogens with two attached hydrogens (primary N) is 1. The van der Waals surface area contributed by atoms with Crippen molar-refractivity contribution in [2.45, 2.75) is 6.36 Å². The number of alkyl halides is 3. The normalized spacial score (nSPS) is 14.4. The molecule has 0 saturated carbocycles. The van der Waals surface area contributed by atoms with Crippen LogP contribution in [0.1, 0.15) is 10.4 Å². The first-order valence-electron chi connectivity index (χ1n) is 8.88. The van der Waals surface area contributed by atoms with Crippen molar-refractivity contribution in [1.29, 1.82) is 0 Å². The summed E-state index contributed by atoms with van der Waals surface area (Å²) in [5.74, 6) is -0.794. The van der Waals surface area contributed by atoms with Gasteiger partial charge in [-0.1, -0.05) is 0 Å². The smallest absolute Gasteiger partial charge is 0.406 e. The van der Waals surface area contributed by atoms with E-state index >= 15 is 0 Å². The number of halogens is 3. The number of morpholine rings is 1. The van der Waals surface area contributed by atoms with Gasteiger partial charge in [0.1, 0.15) is 5.75 Å². The van der Waals surface area contributed by atoms with E-state index in [4.69, 9.17) is 10.5 Å². The van der Waals surface area contributed by atoms with Crippen molar-refractivity contribution in [3.63, 3.8) is 0 Å². The van der Waals surface area contributed by atoms with Gasteiger partial charge in [0.15, 0.2) is 0 Å². The van der Waals surface area contributed by atoms with Gasteiger partial charge in [0, 0.05) is 25.8 Å². The highest BCUT2D eigenvalue weighted by Crippen LogP contribution is 2.31. The highest BCUT2D eigenvalue weighted by molar-refractivity contribution is 6.09. The van der Waals surface area contributed by atoms with E-state index < -0.39 is 12.3 Å². The van der Waals surface area contributed by atoms with Gasteiger partial charge in [-0.2, -0.15) is 0 Å². The van der Waals surface area contributed by atoms with Gasteiger partial charge in [0.25, 0.3) is 5.91 Å². The number of anilines is 4. The molecule has 29 heavy (non-hydrogen) atoms. The molecule has 0 aromatic heterocycles. The standard InChI is InChI=1S/C19H21F3N4O3/c1-24-16-11-17(26-6-8-28-9-7-26)14(10-15(16)23)18(27)25-12-2-4-13(5-3-12)29-19(20,21)22/h2-5,10-11,24H,6-9,23H2,1H3,(H,25,27). The number of benzene rings is 2. The van der Waals surface area contributed by atoms with Crippen LogP contribution in [-0.2, 0) is 4.74 Å². The summed E-state index contributed by atoms with van der Waals surface area (Å²) in [5.41, 5.74) is 8.51. The van der Waals surface area contributed by atoms with Gasteiger partial charge >= 0.3 is 6.36 Å². The number of carbonyl (C=O) groups is 1. The number of ether oxygens (including phenoxy) is 2. The Labute approximate surface area is 165 Å². The third kappa shape index (κ3) is 5.23. The molecule has 1 amide bonds.